The molecule has 1 aromatic carbocycles. The van der Waals surface area contributed by atoms with Gasteiger partial charge in [0.15, 0.2) is 4.34 Å². The molecule has 0 radical (unpaired) electrons. The number of anilines is 2. The molecule has 1 atom stereocenters. The fourth-order valence-electron chi connectivity index (χ4n) is 2.20. The molecule has 0 aliphatic carbocycles. The van der Waals surface area contributed by atoms with E-state index < -0.39 is 26.9 Å². The number of nitro benzene ring substituents is 1. The topological polar surface area (TPSA) is 135 Å². The molecule has 1 N–H and O–H groups in total. The summed E-state index contributed by atoms with van der Waals surface area (Å²) in [6, 6.07) is 3.93. The lowest BCUT2D eigenvalue weighted by Gasteiger charge is -2.27. The van der Waals surface area contributed by atoms with Crippen molar-refractivity contribution < 1.29 is 18.1 Å². The van der Waals surface area contributed by atoms with Crippen molar-refractivity contribution >= 4 is 55.5 Å². The Bertz CT molecular complexity index is 946. The molecule has 0 unspecified atom stereocenters. The molecule has 0 spiro atoms. The van der Waals surface area contributed by atoms with Crippen molar-refractivity contribution in [3.05, 3.63) is 34.4 Å². The fourth-order valence-corrected chi connectivity index (χ4v) is 5.02. The second-order valence-corrected chi connectivity index (χ2v) is 9.66. The molecular formula is C14H17N5O5S3. The van der Waals surface area contributed by atoms with Crippen LogP contribution in [0.25, 0.3) is 0 Å². The summed E-state index contributed by atoms with van der Waals surface area (Å²) in [6.45, 7) is 3.34. The van der Waals surface area contributed by atoms with Crippen molar-refractivity contribution in [2.75, 3.05) is 21.6 Å². The second-order valence-electron chi connectivity index (χ2n) is 5.31. The van der Waals surface area contributed by atoms with Gasteiger partial charge in [-0.15, -0.1) is 10.2 Å². The number of nitrogens with one attached hydrogen (secondary N) is 1. The summed E-state index contributed by atoms with van der Waals surface area (Å²) in [5.41, 5.74) is -0.257. The van der Waals surface area contributed by atoms with Gasteiger partial charge in [0.25, 0.3) is 5.69 Å². The van der Waals surface area contributed by atoms with E-state index in [0.717, 1.165) is 22.4 Å². The van der Waals surface area contributed by atoms with E-state index in [-0.39, 0.29) is 16.5 Å². The van der Waals surface area contributed by atoms with Crippen LogP contribution in [0, 0.1) is 10.1 Å². The van der Waals surface area contributed by atoms with Gasteiger partial charge in [-0.3, -0.25) is 24.5 Å². The van der Waals surface area contributed by atoms with Crippen LogP contribution >= 0.6 is 23.1 Å². The number of sulfonamides is 1. The molecule has 13 heteroatoms. The quantitative estimate of drug-likeness (QED) is 0.291. The lowest BCUT2D eigenvalue weighted by molar-refractivity contribution is -0.384. The molecule has 27 heavy (non-hydrogen) atoms. The molecule has 0 saturated heterocycles. The van der Waals surface area contributed by atoms with Crippen LogP contribution in [-0.4, -0.2) is 47.5 Å². The number of nitrogens with zero attached hydrogens (tertiary/aromatic N) is 4. The van der Waals surface area contributed by atoms with Crippen molar-refractivity contribution in [2.45, 2.75) is 24.2 Å². The number of hydrogen-bond acceptors (Lipinski definition) is 9. The first-order valence-corrected chi connectivity index (χ1v) is 11.3. The zero-order valence-electron chi connectivity index (χ0n) is 14.6. The highest BCUT2D eigenvalue weighted by Crippen LogP contribution is 2.27. The van der Waals surface area contributed by atoms with Gasteiger partial charge in [-0.2, -0.15) is 0 Å². The Hall–Kier alpha value is -2.25. The smallest absolute Gasteiger partial charge is 0.271 e. The third kappa shape index (κ3) is 5.37. The lowest BCUT2D eigenvalue weighted by Crippen LogP contribution is -2.45. The van der Waals surface area contributed by atoms with Crippen LogP contribution in [0.15, 0.2) is 28.6 Å². The van der Waals surface area contributed by atoms with Gasteiger partial charge in [0.05, 0.1) is 16.9 Å². The van der Waals surface area contributed by atoms with Crippen LogP contribution in [0.4, 0.5) is 16.5 Å². The molecule has 146 valence electrons. The zero-order valence-corrected chi connectivity index (χ0v) is 17.1. The summed E-state index contributed by atoms with van der Waals surface area (Å²) in [6.07, 6.45) is 0.927. The normalized spacial score (nSPS) is 12.4. The number of nitro groups is 1. The molecule has 0 aliphatic heterocycles. The average molecular weight is 432 g/mol. The number of amides is 1. The molecule has 2 rings (SSSR count). The number of non-ortho nitro benzene ring substituents is 1. The van der Waals surface area contributed by atoms with Crippen LogP contribution in [0.5, 0.6) is 0 Å². The van der Waals surface area contributed by atoms with Gasteiger partial charge in [0, 0.05) is 12.1 Å². The minimum absolute atomic E-state index is 0.0221. The minimum Gasteiger partial charge on any atom is -0.299 e. The molecule has 0 fully saturated rings. The largest absolute Gasteiger partial charge is 0.299 e. The number of carbonyl (C=O) groups excluding carboxylic acids is 1. The van der Waals surface area contributed by atoms with Gasteiger partial charge >= 0.3 is 0 Å². The van der Waals surface area contributed by atoms with E-state index in [1.54, 1.807) is 0 Å². The predicted molar refractivity (Wildman–Crippen MR) is 105 cm³/mol. The van der Waals surface area contributed by atoms with Crippen LogP contribution in [0.2, 0.25) is 0 Å². The van der Waals surface area contributed by atoms with Gasteiger partial charge in [-0.05, 0) is 18.7 Å². The van der Waals surface area contributed by atoms with Crippen molar-refractivity contribution in [1.29, 1.82) is 0 Å². The second kappa shape index (κ2) is 8.63. The standard InChI is InChI=1S/C14H17N5O5S3/c1-4-25-14-17-16-13(26-14)15-12(20)9(2)18(27(3,23)24)10-6-5-7-11(8-10)19(21)22/h5-9H,4H2,1-3H3,(H,15,16,20)/t9-/m1/s1. The summed E-state index contributed by atoms with van der Waals surface area (Å²) in [5.74, 6) is 0.171. The molecule has 0 aliphatic rings. The molecule has 1 amide bonds. The van der Waals surface area contributed by atoms with Gasteiger partial charge in [-0.25, -0.2) is 8.42 Å². The Kier molecular flexibility index (Phi) is 6.73. The predicted octanol–water partition coefficient (Wildman–Crippen LogP) is 2.35. The van der Waals surface area contributed by atoms with Crippen molar-refractivity contribution in [3.8, 4) is 0 Å². The number of thioether (sulfide) groups is 1. The molecule has 0 bridgehead atoms. The highest BCUT2D eigenvalue weighted by Gasteiger charge is 2.30. The van der Waals surface area contributed by atoms with E-state index in [0.29, 0.717) is 4.34 Å². The van der Waals surface area contributed by atoms with E-state index in [4.69, 9.17) is 0 Å². The van der Waals surface area contributed by atoms with Crippen LogP contribution in [-0.2, 0) is 14.8 Å². The first-order chi connectivity index (χ1) is 12.6. The Morgan fingerprint density at radius 1 is 1.44 bits per heavy atom. The first-order valence-electron chi connectivity index (χ1n) is 7.64. The number of benzene rings is 1. The van der Waals surface area contributed by atoms with Gasteiger partial charge < -0.3 is 0 Å². The van der Waals surface area contributed by atoms with E-state index in [1.165, 1.54) is 48.2 Å². The number of hydrogen-bond donors (Lipinski definition) is 1. The molecule has 2 aromatic rings. The summed E-state index contributed by atoms with van der Waals surface area (Å²) in [5, 5.41) is 21.5. The summed E-state index contributed by atoms with van der Waals surface area (Å²) < 4.78 is 26.0. The third-order valence-electron chi connectivity index (χ3n) is 3.29. The Morgan fingerprint density at radius 3 is 2.74 bits per heavy atom. The zero-order chi connectivity index (χ0) is 20.2. The maximum Gasteiger partial charge on any atom is 0.271 e. The van der Waals surface area contributed by atoms with Gasteiger partial charge in [-0.1, -0.05) is 36.1 Å². The minimum atomic E-state index is -3.89. The maximum atomic E-state index is 12.5. The number of carbonyl (C=O) groups is 1. The van der Waals surface area contributed by atoms with Crippen LogP contribution in [0.1, 0.15) is 13.8 Å². The van der Waals surface area contributed by atoms with E-state index in [9.17, 15) is 23.3 Å². The fraction of sp³-hybridized carbons (Fsp3) is 0.357. The van der Waals surface area contributed by atoms with Crippen LogP contribution in [0.3, 0.4) is 0 Å². The number of aromatic nitrogens is 2. The Morgan fingerprint density at radius 2 is 2.15 bits per heavy atom. The Balaban J connectivity index is 2.29. The molecule has 10 nitrogen and oxygen atoms in total. The summed E-state index contributed by atoms with van der Waals surface area (Å²) in [7, 11) is -3.89. The van der Waals surface area contributed by atoms with Gasteiger partial charge in [0.1, 0.15) is 6.04 Å². The van der Waals surface area contributed by atoms with Crippen molar-refractivity contribution in [3.63, 3.8) is 0 Å². The third-order valence-corrected chi connectivity index (χ3v) is 6.38. The molecular weight excluding hydrogens is 414 g/mol. The van der Waals surface area contributed by atoms with E-state index in [2.05, 4.69) is 15.5 Å². The Labute approximate surface area is 164 Å². The maximum absolute atomic E-state index is 12.5. The number of rotatable bonds is 8. The van der Waals surface area contributed by atoms with Crippen LogP contribution < -0.4 is 9.62 Å². The average Bonchev–Trinajstić information content (AvgIpc) is 3.01. The van der Waals surface area contributed by atoms with Crippen molar-refractivity contribution in [1.82, 2.24) is 10.2 Å². The lowest BCUT2D eigenvalue weighted by atomic mass is 10.2. The van der Waals surface area contributed by atoms with Gasteiger partial charge in [0.2, 0.25) is 21.1 Å². The molecule has 1 heterocycles. The first kappa shape index (κ1) is 21.1. The van der Waals surface area contributed by atoms with E-state index >= 15 is 0 Å². The highest BCUT2D eigenvalue weighted by atomic mass is 32.2. The molecule has 1 aromatic heterocycles. The monoisotopic (exact) mass is 431 g/mol. The SMILES string of the molecule is CCSc1nnc(NC(=O)[C@@H](C)N(c2cccc([N+](=O)[O-])c2)S(C)(=O)=O)s1. The molecule has 0 saturated carbocycles. The van der Waals surface area contributed by atoms with Crippen molar-refractivity contribution in [2.24, 2.45) is 0 Å². The summed E-state index contributed by atoms with van der Waals surface area (Å²) in [4.78, 5) is 22.9. The summed E-state index contributed by atoms with van der Waals surface area (Å²) >= 11 is 2.64. The van der Waals surface area contributed by atoms with E-state index in [1.807, 2.05) is 6.92 Å². The highest BCUT2D eigenvalue weighted by molar-refractivity contribution is 8.01.